The Balaban J connectivity index is 2.53. The Morgan fingerprint density at radius 1 is 1.29 bits per heavy atom. The van der Waals surface area contributed by atoms with Crippen LogP contribution in [0.2, 0.25) is 0 Å². The molecule has 0 N–H and O–H groups in total. The molecule has 0 aliphatic carbocycles. The van der Waals surface area contributed by atoms with Gasteiger partial charge in [-0.15, -0.1) is 0 Å². The third kappa shape index (κ3) is 1.33. The minimum absolute atomic E-state index is 0.365. The summed E-state index contributed by atoms with van der Waals surface area (Å²) in [4.78, 5) is 10.5. The second-order valence-corrected chi connectivity index (χ2v) is 3.01. The molecule has 0 spiro atoms. The van der Waals surface area contributed by atoms with Crippen molar-refractivity contribution in [1.29, 1.82) is 0 Å². The first-order valence-electron chi connectivity index (χ1n) is 4.30. The van der Waals surface area contributed by atoms with E-state index < -0.39 is 0 Å². The van der Waals surface area contributed by atoms with Crippen LogP contribution < -0.4 is 0 Å². The van der Waals surface area contributed by atoms with Crippen LogP contribution in [0.3, 0.4) is 0 Å². The van der Waals surface area contributed by atoms with Crippen molar-refractivity contribution in [2.45, 2.75) is 6.92 Å². The number of aromatic nitrogens is 1. The fourth-order valence-electron chi connectivity index (χ4n) is 1.32. The summed E-state index contributed by atoms with van der Waals surface area (Å²) in [6.07, 6.45) is 0.700. The molecule has 0 atom stereocenters. The summed E-state index contributed by atoms with van der Waals surface area (Å²) in [6, 6.07) is 9.59. The average Bonchev–Trinajstić information content (AvgIpc) is 2.61. The van der Waals surface area contributed by atoms with Crippen molar-refractivity contribution in [3.63, 3.8) is 0 Å². The summed E-state index contributed by atoms with van der Waals surface area (Å²) in [6.45, 7) is 1.82. The lowest BCUT2D eigenvalue weighted by molar-refractivity contribution is 0.111. The van der Waals surface area contributed by atoms with Crippen LogP contribution >= 0.6 is 0 Å². The standard InChI is InChI=1S/C11H9NO2/c1-8-10(7-13)12-14-11(8)9-5-3-2-4-6-9/h2-7H,1H3. The number of hydrogen-bond donors (Lipinski definition) is 0. The molecule has 0 aliphatic rings. The molecule has 0 bridgehead atoms. The molecule has 1 aromatic carbocycles. The lowest BCUT2D eigenvalue weighted by atomic mass is 10.1. The third-order valence-electron chi connectivity index (χ3n) is 2.11. The number of hydrogen-bond acceptors (Lipinski definition) is 3. The summed E-state index contributed by atoms with van der Waals surface area (Å²) < 4.78 is 5.09. The molecule has 3 nitrogen and oxygen atoms in total. The molecule has 0 unspecified atom stereocenters. The number of benzene rings is 1. The molecule has 0 saturated carbocycles. The van der Waals surface area contributed by atoms with Gasteiger partial charge in [0, 0.05) is 11.1 Å². The fraction of sp³-hybridized carbons (Fsp3) is 0.0909. The van der Waals surface area contributed by atoms with Crippen LogP contribution in [-0.4, -0.2) is 11.4 Å². The molecule has 1 aromatic heterocycles. The summed E-state index contributed by atoms with van der Waals surface area (Å²) in [5, 5.41) is 3.67. The van der Waals surface area contributed by atoms with Gasteiger partial charge in [0.15, 0.2) is 12.0 Å². The average molecular weight is 187 g/mol. The van der Waals surface area contributed by atoms with E-state index in [0.29, 0.717) is 17.7 Å². The van der Waals surface area contributed by atoms with Gasteiger partial charge in [0.1, 0.15) is 5.69 Å². The van der Waals surface area contributed by atoms with Crippen LogP contribution in [0.25, 0.3) is 11.3 Å². The third-order valence-corrected chi connectivity index (χ3v) is 2.11. The molecule has 3 heteroatoms. The van der Waals surface area contributed by atoms with Crippen molar-refractivity contribution in [2.75, 3.05) is 0 Å². The molecule has 0 saturated heterocycles. The summed E-state index contributed by atoms with van der Waals surface area (Å²) in [5.74, 6) is 0.660. The van der Waals surface area contributed by atoms with Crippen LogP contribution in [0, 0.1) is 6.92 Å². The van der Waals surface area contributed by atoms with E-state index in [0.717, 1.165) is 11.1 Å². The first kappa shape index (κ1) is 8.69. The normalized spacial score (nSPS) is 10.1. The highest BCUT2D eigenvalue weighted by atomic mass is 16.5. The van der Waals surface area contributed by atoms with E-state index in [-0.39, 0.29) is 0 Å². The second kappa shape index (κ2) is 3.46. The Morgan fingerprint density at radius 3 is 2.57 bits per heavy atom. The van der Waals surface area contributed by atoms with Gasteiger partial charge in [-0.2, -0.15) is 0 Å². The Kier molecular flexibility index (Phi) is 2.14. The highest BCUT2D eigenvalue weighted by molar-refractivity contribution is 5.78. The molecule has 0 amide bonds. The van der Waals surface area contributed by atoms with Crippen LogP contribution in [0.15, 0.2) is 34.9 Å². The maximum atomic E-state index is 10.5. The summed E-state index contributed by atoms with van der Waals surface area (Å²) in [7, 11) is 0. The molecule has 70 valence electrons. The molecule has 2 aromatic rings. The van der Waals surface area contributed by atoms with Gasteiger partial charge in [-0.1, -0.05) is 35.5 Å². The van der Waals surface area contributed by atoms with Gasteiger partial charge in [-0.05, 0) is 6.92 Å². The van der Waals surface area contributed by atoms with Crippen molar-refractivity contribution < 1.29 is 9.32 Å². The van der Waals surface area contributed by atoms with Gasteiger partial charge in [0.2, 0.25) is 0 Å². The maximum absolute atomic E-state index is 10.5. The fourth-order valence-corrected chi connectivity index (χ4v) is 1.32. The van der Waals surface area contributed by atoms with Crippen molar-refractivity contribution in [1.82, 2.24) is 5.16 Å². The molecule has 0 radical (unpaired) electrons. The van der Waals surface area contributed by atoms with E-state index in [1.54, 1.807) is 0 Å². The molecule has 0 fully saturated rings. The second-order valence-electron chi connectivity index (χ2n) is 3.01. The summed E-state index contributed by atoms with van der Waals surface area (Å²) >= 11 is 0. The Labute approximate surface area is 81.3 Å². The molecule has 2 rings (SSSR count). The lowest BCUT2D eigenvalue weighted by Crippen LogP contribution is -1.82. The highest BCUT2D eigenvalue weighted by Crippen LogP contribution is 2.24. The SMILES string of the molecule is Cc1c(C=O)noc1-c1ccccc1. The minimum atomic E-state index is 0.365. The van der Waals surface area contributed by atoms with Crippen LogP contribution in [0.5, 0.6) is 0 Å². The molecular formula is C11H9NO2. The van der Waals surface area contributed by atoms with Gasteiger partial charge in [-0.25, -0.2) is 0 Å². The van der Waals surface area contributed by atoms with Gasteiger partial charge < -0.3 is 4.52 Å². The lowest BCUT2D eigenvalue weighted by Gasteiger charge is -1.95. The quantitative estimate of drug-likeness (QED) is 0.678. The van der Waals surface area contributed by atoms with E-state index in [2.05, 4.69) is 5.16 Å². The van der Waals surface area contributed by atoms with Crippen LogP contribution in [0.1, 0.15) is 16.1 Å². The van der Waals surface area contributed by atoms with Crippen LogP contribution in [-0.2, 0) is 0 Å². The van der Waals surface area contributed by atoms with E-state index in [1.165, 1.54) is 0 Å². The monoisotopic (exact) mass is 187 g/mol. The zero-order valence-electron chi connectivity index (χ0n) is 7.73. The van der Waals surface area contributed by atoms with Crippen molar-refractivity contribution >= 4 is 6.29 Å². The van der Waals surface area contributed by atoms with E-state index in [4.69, 9.17) is 4.52 Å². The first-order valence-corrected chi connectivity index (χ1v) is 4.30. The Hall–Kier alpha value is -1.90. The molecule has 1 heterocycles. The van der Waals surface area contributed by atoms with Gasteiger partial charge in [0.25, 0.3) is 0 Å². The smallest absolute Gasteiger partial charge is 0.172 e. The summed E-state index contributed by atoms with van der Waals surface area (Å²) in [5.41, 5.74) is 2.08. The molecule has 14 heavy (non-hydrogen) atoms. The predicted molar refractivity (Wildman–Crippen MR) is 52.1 cm³/mol. The van der Waals surface area contributed by atoms with Gasteiger partial charge >= 0.3 is 0 Å². The largest absolute Gasteiger partial charge is 0.355 e. The first-order chi connectivity index (χ1) is 6.83. The number of carbonyl (C=O) groups is 1. The van der Waals surface area contributed by atoms with Gasteiger partial charge in [0.05, 0.1) is 0 Å². The maximum Gasteiger partial charge on any atom is 0.172 e. The number of aldehydes is 1. The zero-order chi connectivity index (χ0) is 9.97. The van der Waals surface area contributed by atoms with E-state index >= 15 is 0 Å². The van der Waals surface area contributed by atoms with Gasteiger partial charge in [-0.3, -0.25) is 4.79 Å². The van der Waals surface area contributed by atoms with E-state index in [9.17, 15) is 4.79 Å². The highest BCUT2D eigenvalue weighted by Gasteiger charge is 2.11. The Morgan fingerprint density at radius 2 is 2.00 bits per heavy atom. The Bertz CT molecular complexity index is 446. The molecule has 0 aliphatic heterocycles. The van der Waals surface area contributed by atoms with Crippen LogP contribution in [0.4, 0.5) is 0 Å². The zero-order valence-corrected chi connectivity index (χ0v) is 7.73. The van der Waals surface area contributed by atoms with Crippen molar-refractivity contribution in [3.8, 4) is 11.3 Å². The minimum Gasteiger partial charge on any atom is -0.355 e. The number of nitrogens with zero attached hydrogens (tertiary/aromatic N) is 1. The number of carbonyl (C=O) groups excluding carboxylic acids is 1. The van der Waals surface area contributed by atoms with E-state index in [1.807, 2.05) is 37.3 Å². The number of rotatable bonds is 2. The predicted octanol–water partition coefficient (Wildman–Crippen LogP) is 2.46. The van der Waals surface area contributed by atoms with Crippen molar-refractivity contribution in [2.24, 2.45) is 0 Å². The molecular weight excluding hydrogens is 178 g/mol. The topological polar surface area (TPSA) is 43.1 Å². The van der Waals surface area contributed by atoms with Crippen molar-refractivity contribution in [3.05, 3.63) is 41.6 Å².